The SMILES string of the molecule is C=C(C)[C@@H](C)C1=CC=C(c2[nH]c(C3=CC=C(CCC(=O)OC)CC3)nc2C2=CC=C(N3CCOCC3)CC2)CC1. The molecular weight excluding hydrogens is 498 g/mol. The van der Waals surface area contributed by atoms with Gasteiger partial charge in [-0.2, -0.15) is 0 Å². The molecule has 212 valence electrons. The summed E-state index contributed by atoms with van der Waals surface area (Å²) >= 11 is 0. The normalized spacial score (nSPS) is 20.4. The van der Waals surface area contributed by atoms with E-state index in [2.05, 4.69) is 66.8 Å². The van der Waals surface area contributed by atoms with Gasteiger partial charge in [-0.25, -0.2) is 4.98 Å². The minimum Gasteiger partial charge on any atom is -0.469 e. The maximum atomic E-state index is 11.6. The first kappa shape index (κ1) is 28.2. The molecule has 0 aromatic carbocycles. The van der Waals surface area contributed by atoms with Gasteiger partial charge >= 0.3 is 5.97 Å². The summed E-state index contributed by atoms with van der Waals surface area (Å²) in [6, 6.07) is 0. The fourth-order valence-corrected chi connectivity index (χ4v) is 5.92. The van der Waals surface area contributed by atoms with Crippen LogP contribution in [0.5, 0.6) is 0 Å². The van der Waals surface area contributed by atoms with Gasteiger partial charge in [0.05, 0.1) is 31.7 Å². The third-order valence-electron chi connectivity index (χ3n) is 8.77. The van der Waals surface area contributed by atoms with E-state index in [9.17, 15) is 4.79 Å². The van der Waals surface area contributed by atoms with Gasteiger partial charge in [-0.3, -0.25) is 4.79 Å². The molecule has 1 aliphatic heterocycles. The van der Waals surface area contributed by atoms with E-state index in [1.807, 2.05) is 0 Å². The standard InChI is InChI=1S/C34H43N3O3/c1-23(2)24(3)26-10-12-27(13-11-26)32-33(28-14-16-30(17-15-28)37-19-21-40-22-20-37)36-34(35-32)29-8-5-25(6-9-29)7-18-31(38)39-4/h5,8,10,12,14,16,24H,1,6-7,9,11,13,15,17-22H2,2-4H3,(H,35,36)/t24-/m1/s1. The van der Waals surface area contributed by atoms with E-state index < -0.39 is 0 Å². The largest absolute Gasteiger partial charge is 0.469 e. The van der Waals surface area contributed by atoms with E-state index in [1.165, 1.54) is 46.2 Å². The zero-order chi connectivity index (χ0) is 28.1. The maximum absolute atomic E-state index is 11.6. The molecule has 0 saturated carbocycles. The number of methoxy groups -OCH3 is 1. The van der Waals surface area contributed by atoms with Crippen LogP contribution in [0.3, 0.4) is 0 Å². The average molecular weight is 542 g/mol. The lowest BCUT2D eigenvalue weighted by molar-refractivity contribution is -0.140. The summed E-state index contributed by atoms with van der Waals surface area (Å²) in [6.45, 7) is 12.1. The molecule has 1 aromatic heterocycles. The van der Waals surface area contributed by atoms with Crippen LogP contribution in [0.25, 0.3) is 16.7 Å². The van der Waals surface area contributed by atoms with Gasteiger partial charge in [0.25, 0.3) is 0 Å². The number of hydrogen-bond acceptors (Lipinski definition) is 5. The van der Waals surface area contributed by atoms with E-state index in [1.54, 1.807) is 0 Å². The molecule has 1 atom stereocenters. The molecule has 6 nitrogen and oxygen atoms in total. The van der Waals surface area contributed by atoms with Crippen molar-refractivity contribution in [3.8, 4) is 0 Å². The molecular formula is C34H43N3O3. The van der Waals surface area contributed by atoms with Gasteiger partial charge in [0.2, 0.25) is 0 Å². The zero-order valence-electron chi connectivity index (χ0n) is 24.4. The molecule has 0 amide bonds. The predicted molar refractivity (Wildman–Crippen MR) is 162 cm³/mol. The number of aromatic amines is 1. The number of esters is 1. The Kier molecular flexibility index (Phi) is 9.05. The fraction of sp³-hybridized carbons (Fsp3) is 0.471. The lowest BCUT2D eigenvalue weighted by Gasteiger charge is -2.32. The fourth-order valence-electron chi connectivity index (χ4n) is 5.92. The van der Waals surface area contributed by atoms with E-state index >= 15 is 0 Å². The van der Waals surface area contributed by atoms with Gasteiger partial charge in [0.1, 0.15) is 5.82 Å². The number of carbonyl (C=O) groups excluding carboxylic acids is 1. The highest BCUT2D eigenvalue weighted by Crippen LogP contribution is 2.38. The van der Waals surface area contributed by atoms with Gasteiger partial charge in [-0.05, 0) is 80.6 Å². The lowest BCUT2D eigenvalue weighted by Crippen LogP contribution is -2.35. The van der Waals surface area contributed by atoms with Gasteiger partial charge in [0, 0.05) is 25.2 Å². The smallest absolute Gasteiger partial charge is 0.305 e. The second kappa shape index (κ2) is 12.9. The number of rotatable bonds is 9. The summed E-state index contributed by atoms with van der Waals surface area (Å²) in [5, 5.41) is 0. The highest BCUT2D eigenvalue weighted by Gasteiger charge is 2.24. The predicted octanol–water partition coefficient (Wildman–Crippen LogP) is 7.18. The Bertz CT molecular complexity index is 1330. The first-order valence-corrected chi connectivity index (χ1v) is 14.8. The van der Waals surface area contributed by atoms with Crippen molar-refractivity contribution in [1.82, 2.24) is 14.9 Å². The third-order valence-corrected chi connectivity index (χ3v) is 8.77. The Morgan fingerprint density at radius 3 is 2.35 bits per heavy atom. The van der Waals surface area contributed by atoms with Gasteiger partial charge in [-0.1, -0.05) is 60.6 Å². The number of imidazole rings is 1. The summed E-state index contributed by atoms with van der Waals surface area (Å²) in [6.07, 6.45) is 20.6. The lowest BCUT2D eigenvalue weighted by atomic mass is 9.85. The average Bonchev–Trinajstić information content (AvgIpc) is 3.46. The molecule has 6 heteroatoms. The minimum absolute atomic E-state index is 0.154. The van der Waals surface area contributed by atoms with Gasteiger partial charge in [-0.15, -0.1) is 0 Å². The molecule has 0 radical (unpaired) electrons. The molecule has 1 aromatic rings. The van der Waals surface area contributed by atoms with Crippen LogP contribution < -0.4 is 0 Å². The molecule has 1 fully saturated rings. The Morgan fingerprint density at radius 2 is 1.73 bits per heavy atom. The molecule has 2 heterocycles. The Labute approximate surface area is 238 Å². The molecule has 1 saturated heterocycles. The van der Waals surface area contributed by atoms with Crippen molar-refractivity contribution in [3.63, 3.8) is 0 Å². The van der Waals surface area contributed by atoms with E-state index in [0.29, 0.717) is 12.3 Å². The molecule has 5 rings (SSSR count). The topological polar surface area (TPSA) is 67.5 Å². The number of aromatic nitrogens is 2. The molecule has 40 heavy (non-hydrogen) atoms. The van der Waals surface area contributed by atoms with Crippen LogP contribution in [0.4, 0.5) is 0 Å². The summed E-state index contributed by atoms with van der Waals surface area (Å²) in [4.78, 5) is 23.0. The first-order valence-electron chi connectivity index (χ1n) is 14.8. The number of nitrogens with zero attached hydrogens (tertiary/aromatic N) is 2. The molecule has 3 aliphatic carbocycles. The summed E-state index contributed by atoms with van der Waals surface area (Å²) in [5.41, 5.74) is 11.4. The third kappa shape index (κ3) is 6.49. The van der Waals surface area contributed by atoms with Crippen LogP contribution >= 0.6 is 0 Å². The number of carbonyl (C=O) groups is 1. The first-order chi connectivity index (χ1) is 19.4. The van der Waals surface area contributed by atoms with Crippen molar-refractivity contribution >= 4 is 22.7 Å². The second-order valence-electron chi connectivity index (χ2n) is 11.4. The van der Waals surface area contributed by atoms with E-state index in [-0.39, 0.29) is 5.97 Å². The van der Waals surface area contributed by atoms with E-state index in [4.69, 9.17) is 14.5 Å². The Morgan fingerprint density at radius 1 is 1.00 bits per heavy atom. The van der Waals surface area contributed by atoms with Gasteiger partial charge in [0.15, 0.2) is 0 Å². The van der Waals surface area contributed by atoms with Gasteiger partial charge < -0.3 is 19.4 Å². The second-order valence-corrected chi connectivity index (χ2v) is 11.4. The monoisotopic (exact) mass is 541 g/mol. The minimum atomic E-state index is -0.154. The Hall–Kier alpha value is -3.38. The number of H-pyrrole nitrogens is 1. The van der Waals surface area contributed by atoms with Crippen LogP contribution in [0.15, 0.2) is 65.5 Å². The van der Waals surface area contributed by atoms with Crippen molar-refractivity contribution in [3.05, 3.63) is 82.7 Å². The molecule has 1 N–H and O–H groups in total. The van der Waals surface area contributed by atoms with Crippen LogP contribution in [0.1, 0.15) is 82.4 Å². The maximum Gasteiger partial charge on any atom is 0.305 e. The van der Waals surface area contributed by atoms with Crippen LogP contribution in [-0.4, -0.2) is 54.3 Å². The summed E-state index contributed by atoms with van der Waals surface area (Å²) in [5.74, 6) is 1.22. The molecule has 4 aliphatic rings. The number of morpholine rings is 1. The molecule has 0 spiro atoms. The van der Waals surface area contributed by atoms with Crippen LogP contribution in [0, 0.1) is 5.92 Å². The Balaban J connectivity index is 1.44. The van der Waals surface area contributed by atoms with Crippen LogP contribution in [0.2, 0.25) is 0 Å². The highest BCUT2D eigenvalue weighted by molar-refractivity contribution is 5.81. The number of ether oxygens (including phenoxy) is 2. The molecule has 0 bridgehead atoms. The van der Waals surface area contributed by atoms with Crippen molar-refractivity contribution < 1.29 is 14.3 Å². The number of nitrogens with one attached hydrogen (secondary N) is 1. The number of allylic oxidation sites excluding steroid dienone is 13. The summed E-state index contributed by atoms with van der Waals surface area (Å²) < 4.78 is 10.4. The van der Waals surface area contributed by atoms with Crippen molar-refractivity contribution in [2.75, 3.05) is 33.4 Å². The zero-order valence-corrected chi connectivity index (χ0v) is 24.4. The molecule has 0 unspecified atom stereocenters. The summed E-state index contributed by atoms with van der Waals surface area (Å²) in [7, 11) is 1.45. The van der Waals surface area contributed by atoms with Crippen molar-refractivity contribution in [1.29, 1.82) is 0 Å². The number of hydrogen-bond donors (Lipinski definition) is 1. The highest BCUT2D eigenvalue weighted by atomic mass is 16.5. The van der Waals surface area contributed by atoms with E-state index in [0.717, 1.165) is 88.5 Å². The van der Waals surface area contributed by atoms with Crippen molar-refractivity contribution in [2.24, 2.45) is 5.92 Å². The van der Waals surface area contributed by atoms with Crippen molar-refractivity contribution in [2.45, 2.75) is 65.2 Å². The quantitative estimate of drug-likeness (QED) is 0.265. The van der Waals surface area contributed by atoms with Crippen LogP contribution in [-0.2, 0) is 14.3 Å².